The van der Waals surface area contributed by atoms with E-state index in [1.165, 1.54) is 28.8 Å². The van der Waals surface area contributed by atoms with Crippen LogP contribution < -0.4 is 16.0 Å². The van der Waals surface area contributed by atoms with E-state index < -0.39 is 0 Å². The molecule has 1 amide bonds. The molecule has 3 N–H and O–H groups in total. The monoisotopic (exact) mass is 413 g/mol. The minimum Gasteiger partial charge on any atom is -0.369 e. The Morgan fingerprint density at radius 2 is 1.97 bits per heavy atom. The van der Waals surface area contributed by atoms with Crippen molar-refractivity contribution in [3.05, 3.63) is 47.8 Å². The van der Waals surface area contributed by atoms with Crippen molar-refractivity contribution >= 4 is 28.3 Å². The van der Waals surface area contributed by atoms with Crippen LogP contribution in [0.1, 0.15) is 36.9 Å². The van der Waals surface area contributed by atoms with Crippen molar-refractivity contribution in [3.63, 3.8) is 0 Å². The molecule has 31 heavy (non-hydrogen) atoms. The quantitative estimate of drug-likeness (QED) is 0.682. The zero-order valence-electron chi connectivity index (χ0n) is 17.6. The lowest BCUT2D eigenvalue weighted by Crippen LogP contribution is -2.27. The number of nitrogens with two attached hydrogens (primary N) is 1. The number of fused-ring (bicyclic) bond motifs is 2. The van der Waals surface area contributed by atoms with E-state index in [0.717, 1.165) is 61.8 Å². The minimum absolute atomic E-state index is 0.0792. The lowest BCUT2D eigenvalue weighted by molar-refractivity contribution is -0.117. The summed E-state index contributed by atoms with van der Waals surface area (Å²) in [4.78, 5) is 24.0. The van der Waals surface area contributed by atoms with Crippen LogP contribution >= 0.6 is 0 Å². The maximum absolute atomic E-state index is 12.1. The molecule has 0 radical (unpaired) electrons. The normalized spacial score (nSPS) is 20.3. The molecule has 6 nitrogen and oxygen atoms in total. The van der Waals surface area contributed by atoms with Crippen molar-refractivity contribution in [2.24, 2.45) is 11.7 Å². The third-order valence-corrected chi connectivity index (χ3v) is 6.82. The Morgan fingerprint density at radius 1 is 1.10 bits per heavy atom. The molecule has 6 heteroatoms. The van der Waals surface area contributed by atoms with Crippen molar-refractivity contribution in [2.45, 2.75) is 44.6 Å². The van der Waals surface area contributed by atoms with Crippen molar-refractivity contribution in [1.82, 2.24) is 9.97 Å². The standard InChI is InChI=1S/C25H27N5O/c26-18-9-11-30(14-18)24-19-2-1-3-21(19)28-22-7-6-16(12-20(22)24)17-8-10-27-23(13-17)29-25(31)15-4-5-15/h6-8,10,12-13,15,18H,1-5,9,11,14,26H2,(H,27,29,31). The van der Waals surface area contributed by atoms with Crippen LogP contribution in [0.25, 0.3) is 22.0 Å². The lowest BCUT2D eigenvalue weighted by Gasteiger charge is -2.24. The zero-order valence-corrected chi connectivity index (χ0v) is 17.6. The number of nitrogens with one attached hydrogen (secondary N) is 1. The summed E-state index contributed by atoms with van der Waals surface area (Å²) in [5.41, 5.74) is 13.5. The number of anilines is 2. The highest BCUT2D eigenvalue weighted by Crippen LogP contribution is 2.39. The van der Waals surface area contributed by atoms with Crippen LogP contribution in [0.3, 0.4) is 0 Å². The number of hydrogen-bond donors (Lipinski definition) is 2. The Balaban J connectivity index is 1.43. The smallest absolute Gasteiger partial charge is 0.228 e. The summed E-state index contributed by atoms with van der Waals surface area (Å²) in [5.74, 6) is 0.858. The molecule has 6 rings (SSSR count). The average molecular weight is 414 g/mol. The molecule has 3 heterocycles. The number of aryl methyl sites for hydroxylation is 1. The summed E-state index contributed by atoms with van der Waals surface area (Å²) in [7, 11) is 0. The molecule has 0 bridgehead atoms. The second-order valence-electron chi connectivity index (χ2n) is 9.16. The molecule has 2 aliphatic carbocycles. The first kappa shape index (κ1) is 18.8. The Bertz CT molecular complexity index is 1190. The Hall–Kier alpha value is -2.99. The summed E-state index contributed by atoms with van der Waals surface area (Å²) in [6, 6.07) is 10.7. The largest absolute Gasteiger partial charge is 0.369 e. The average Bonchev–Trinajstić information content (AvgIpc) is 3.39. The number of carbonyl (C=O) groups excluding carboxylic acids is 1. The van der Waals surface area contributed by atoms with E-state index in [0.29, 0.717) is 5.82 Å². The zero-order chi connectivity index (χ0) is 20.9. The number of aromatic nitrogens is 2. The van der Waals surface area contributed by atoms with Gasteiger partial charge in [0.05, 0.1) is 11.2 Å². The molecule has 158 valence electrons. The number of carbonyl (C=O) groups is 1. The maximum Gasteiger partial charge on any atom is 0.228 e. The van der Waals surface area contributed by atoms with Gasteiger partial charge in [0, 0.05) is 42.3 Å². The van der Waals surface area contributed by atoms with E-state index in [2.05, 4.69) is 33.4 Å². The number of rotatable bonds is 4. The van der Waals surface area contributed by atoms with Crippen LogP contribution in [0.5, 0.6) is 0 Å². The van der Waals surface area contributed by atoms with Gasteiger partial charge in [0.15, 0.2) is 0 Å². The van der Waals surface area contributed by atoms with Gasteiger partial charge in [0.2, 0.25) is 5.91 Å². The number of amides is 1. The first-order chi connectivity index (χ1) is 15.2. The number of benzene rings is 1. The second-order valence-corrected chi connectivity index (χ2v) is 9.16. The van der Waals surface area contributed by atoms with Gasteiger partial charge in [-0.2, -0.15) is 0 Å². The fraction of sp³-hybridized carbons (Fsp3) is 0.400. The van der Waals surface area contributed by atoms with Crippen LogP contribution in [0, 0.1) is 5.92 Å². The van der Waals surface area contributed by atoms with Gasteiger partial charge in [-0.05, 0) is 79.5 Å². The number of hydrogen-bond acceptors (Lipinski definition) is 5. The van der Waals surface area contributed by atoms with Crippen molar-refractivity contribution in [1.29, 1.82) is 0 Å². The van der Waals surface area contributed by atoms with Gasteiger partial charge in [-0.25, -0.2) is 4.98 Å². The summed E-state index contributed by atoms with van der Waals surface area (Å²) >= 11 is 0. The summed E-state index contributed by atoms with van der Waals surface area (Å²) in [6.07, 6.45) is 8.10. The summed E-state index contributed by atoms with van der Waals surface area (Å²) < 4.78 is 0. The van der Waals surface area contributed by atoms with Crippen LogP contribution in [0.15, 0.2) is 36.5 Å². The molecule has 2 aromatic heterocycles. The topological polar surface area (TPSA) is 84.1 Å². The van der Waals surface area contributed by atoms with Crippen molar-refractivity contribution < 1.29 is 4.79 Å². The number of nitrogens with zero attached hydrogens (tertiary/aromatic N) is 3. The number of pyridine rings is 2. The fourth-order valence-corrected chi connectivity index (χ4v) is 5.02. The molecule has 1 unspecified atom stereocenters. The summed E-state index contributed by atoms with van der Waals surface area (Å²) in [5, 5.41) is 4.16. The Morgan fingerprint density at radius 3 is 2.77 bits per heavy atom. The molecular weight excluding hydrogens is 386 g/mol. The summed E-state index contributed by atoms with van der Waals surface area (Å²) in [6.45, 7) is 1.91. The minimum atomic E-state index is 0.0792. The van der Waals surface area contributed by atoms with Gasteiger partial charge in [-0.3, -0.25) is 9.78 Å². The fourth-order valence-electron chi connectivity index (χ4n) is 5.02. The Labute approximate surface area is 181 Å². The first-order valence-electron chi connectivity index (χ1n) is 11.4. The van der Waals surface area contributed by atoms with Gasteiger partial charge in [0.1, 0.15) is 5.82 Å². The van der Waals surface area contributed by atoms with Crippen LogP contribution in [-0.4, -0.2) is 35.0 Å². The first-order valence-corrected chi connectivity index (χ1v) is 11.4. The second kappa shape index (κ2) is 7.31. The van der Waals surface area contributed by atoms with Gasteiger partial charge < -0.3 is 16.0 Å². The molecule has 1 saturated carbocycles. The molecule has 1 aromatic carbocycles. The van der Waals surface area contributed by atoms with Crippen LogP contribution in [-0.2, 0) is 17.6 Å². The van der Waals surface area contributed by atoms with Gasteiger partial charge in [-0.15, -0.1) is 0 Å². The third kappa shape index (κ3) is 3.45. The predicted octanol–water partition coefficient (Wildman–Crippen LogP) is 3.67. The molecule has 1 atom stereocenters. The van der Waals surface area contributed by atoms with Gasteiger partial charge in [0.25, 0.3) is 0 Å². The van der Waals surface area contributed by atoms with E-state index in [9.17, 15) is 4.79 Å². The SMILES string of the molecule is NC1CCN(c2c3c(nc4ccc(-c5ccnc(NC(=O)C6CC6)c5)cc24)CCC3)C1. The highest BCUT2D eigenvalue weighted by Gasteiger charge is 2.30. The molecule has 3 aromatic rings. The van der Waals surface area contributed by atoms with Gasteiger partial charge in [-0.1, -0.05) is 6.07 Å². The van der Waals surface area contributed by atoms with Gasteiger partial charge >= 0.3 is 0 Å². The molecule has 3 aliphatic rings. The Kier molecular flexibility index (Phi) is 4.42. The van der Waals surface area contributed by atoms with E-state index >= 15 is 0 Å². The van der Waals surface area contributed by atoms with E-state index in [1.54, 1.807) is 6.20 Å². The van der Waals surface area contributed by atoms with E-state index in [-0.39, 0.29) is 17.9 Å². The highest BCUT2D eigenvalue weighted by atomic mass is 16.2. The van der Waals surface area contributed by atoms with E-state index in [1.807, 2.05) is 12.1 Å². The predicted molar refractivity (Wildman–Crippen MR) is 123 cm³/mol. The van der Waals surface area contributed by atoms with Crippen LogP contribution in [0.4, 0.5) is 11.5 Å². The van der Waals surface area contributed by atoms with Crippen LogP contribution in [0.2, 0.25) is 0 Å². The molecule has 1 aliphatic heterocycles. The van der Waals surface area contributed by atoms with Crippen molar-refractivity contribution in [3.8, 4) is 11.1 Å². The van der Waals surface area contributed by atoms with E-state index in [4.69, 9.17) is 10.7 Å². The third-order valence-electron chi connectivity index (χ3n) is 6.82. The highest BCUT2D eigenvalue weighted by molar-refractivity contribution is 5.98. The molecule has 2 fully saturated rings. The molecule has 0 spiro atoms. The maximum atomic E-state index is 12.1. The molecular formula is C25H27N5O. The molecule has 1 saturated heterocycles. The van der Waals surface area contributed by atoms with Crippen molar-refractivity contribution in [2.75, 3.05) is 23.3 Å². The lowest BCUT2D eigenvalue weighted by atomic mass is 10.00.